The summed E-state index contributed by atoms with van der Waals surface area (Å²) in [6.07, 6.45) is 1.90. The van der Waals surface area contributed by atoms with Gasteiger partial charge in [0.2, 0.25) is 0 Å². The lowest BCUT2D eigenvalue weighted by molar-refractivity contribution is -0.144. The predicted octanol–water partition coefficient (Wildman–Crippen LogP) is 7.20. The zero-order valence-electron chi connectivity index (χ0n) is 20.4. The maximum absolute atomic E-state index is 14.4. The third-order valence-corrected chi connectivity index (χ3v) is 8.62. The molecule has 35 heavy (non-hydrogen) atoms. The number of alkyl halides is 3. The van der Waals surface area contributed by atoms with Gasteiger partial charge >= 0.3 is 12.1 Å². The van der Waals surface area contributed by atoms with Gasteiger partial charge in [-0.25, -0.2) is 0 Å². The average molecular weight is 490 g/mol. The number of hydrogen-bond donors (Lipinski definition) is 1. The highest BCUT2D eigenvalue weighted by Crippen LogP contribution is 2.46. The number of piperidine rings is 1. The van der Waals surface area contributed by atoms with Crippen molar-refractivity contribution in [1.82, 2.24) is 4.90 Å². The first-order valence-electron chi connectivity index (χ1n) is 12.9. The molecule has 0 amide bonds. The van der Waals surface area contributed by atoms with Crippen molar-refractivity contribution in [3.8, 4) is 5.75 Å². The molecule has 1 aliphatic carbocycles. The minimum absolute atomic E-state index is 0.0725. The Morgan fingerprint density at radius 1 is 1.03 bits per heavy atom. The summed E-state index contributed by atoms with van der Waals surface area (Å²) in [5, 5.41) is 10.2. The highest BCUT2D eigenvalue weighted by Gasteiger charge is 2.45. The maximum Gasteiger partial charge on any atom is 0.420 e. The van der Waals surface area contributed by atoms with Crippen molar-refractivity contribution in [2.24, 2.45) is 11.8 Å². The van der Waals surface area contributed by atoms with Crippen LogP contribution in [-0.2, 0) is 11.0 Å². The van der Waals surface area contributed by atoms with Crippen LogP contribution < -0.4 is 4.74 Å². The van der Waals surface area contributed by atoms with Crippen LogP contribution >= 0.6 is 0 Å². The Labute approximate surface area is 204 Å². The van der Waals surface area contributed by atoms with Gasteiger partial charge in [0.25, 0.3) is 0 Å². The van der Waals surface area contributed by atoms with E-state index in [1.54, 1.807) is 18.2 Å². The molecule has 2 aromatic carbocycles. The molecule has 2 unspecified atom stereocenters. The van der Waals surface area contributed by atoms with E-state index in [0.717, 1.165) is 44.1 Å². The molecule has 0 spiro atoms. The molecule has 7 heteroatoms. The quantitative estimate of drug-likeness (QED) is 0.482. The van der Waals surface area contributed by atoms with Crippen LogP contribution in [0.3, 0.4) is 0 Å². The standard InChI is InChI=1S/C28H34F3NO3/c1-16-3-10-23(11-4-16)35-25-12-7-18-5-6-19(15-24(18)26(25)28(29,30)31)17(2)32-21-8-9-22(32)14-20(13-21)27(33)34/h5-7,12,15-17,20-23H,3-4,8-11,13-14H2,1-2H3,(H,33,34)/t16-,17-,20?,21?,22?,23+/m0/s1. The van der Waals surface area contributed by atoms with Crippen molar-refractivity contribution in [1.29, 1.82) is 0 Å². The summed E-state index contributed by atoms with van der Waals surface area (Å²) in [6, 6.07) is 8.80. The van der Waals surface area contributed by atoms with Gasteiger partial charge in [-0.15, -0.1) is 0 Å². The number of halogens is 3. The molecule has 1 N–H and O–H groups in total. The normalized spacial score (nSPS) is 30.4. The third kappa shape index (κ3) is 4.76. The summed E-state index contributed by atoms with van der Waals surface area (Å²) >= 11 is 0. The fourth-order valence-corrected chi connectivity index (χ4v) is 6.71. The number of nitrogens with zero attached hydrogens (tertiary/aromatic N) is 1. The number of rotatable bonds is 5. The summed E-state index contributed by atoms with van der Waals surface area (Å²) in [5.74, 6) is -0.549. The molecule has 2 aromatic rings. The fourth-order valence-electron chi connectivity index (χ4n) is 6.71. The van der Waals surface area contributed by atoms with Crippen LogP contribution in [0.4, 0.5) is 13.2 Å². The molecule has 2 aliphatic heterocycles. The first kappa shape index (κ1) is 24.4. The van der Waals surface area contributed by atoms with Gasteiger partial charge in [-0.3, -0.25) is 9.69 Å². The number of fused-ring (bicyclic) bond motifs is 3. The fraction of sp³-hybridized carbons (Fsp3) is 0.607. The predicted molar refractivity (Wildman–Crippen MR) is 128 cm³/mol. The molecule has 4 nitrogen and oxygen atoms in total. The van der Waals surface area contributed by atoms with Gasteiger partial charge in [0.15, 0.2) is 0 Å². The number of carbonyl (C=O) groups is 1. The Kier molecular flexibility index (Phi) is 6.49. The Balaban J connectivity index is 1.47. The molecular formula is C28H34F3NO3. The second-order valence-electron chi connectivity index (χ2n) is 10.9. The van der Waals surface area contributed by atoms with Gasteiger partial charge < -0.3 is 9.84 Å². The van der Waals surface area contributed by atoms with E-state index in [2.05, 4.69) is 11.8 Å². The molecule has 2 bridgehead atoms. The molecule has 3 atom stereocenters. The van der Waals surface area contributed by atoms with E-state index in [1.807, 2.05) is 13.0 Å². The minimum Gasteiger partial charge on any atom is -0.490 e. The van der Waals surface area contributed by atoms with Crippen LogP contribution in [0.15, 0.2) is 30.3 Å². The molecule has 2 heterocycles. The van der Waals surface area contributed by atoms with Gasteiger partial charge in [-0.05, 0) is 92.7 Å². The average Bonchev–Trinajstić information content (AvgIpc) is 3.07. The number of hydrogen-bond acceptors (Lipinski definition) is 3. The maximum atomic E-state index is 14.4. The Bertz CT molecular complexity index is 1080. The minimum atomic E-state index is -4.53. The lowest BCUT2D eigenvalue weighted by Gasteiger charge is -2.41. The first-order valence-corrected chi connectivity index (χ1v) is 12.9. The lowest BCUT2D eigenvalue weighted by atomic mass is 9.88. The van der Waals surface area contributed by atoms with Crippen molar-refractivity contribution in [3.63, 3.8) is 0 Å². The second kappa shape index (κ2) is 9.30. The van der Waals surface area contributed by atoms with Crippen molar-refractivity contribution in [2.75, 3.05) is 0 Å². The van der Waals surface area contributed by atoms with E-state index in [9.17, 15) is 23.1 Å². The number of ether oxygens (including phenoxy) is 1. The molecular weight excluding hydrogens is 455 g/mol. The molecule has 0 aromatic heterocycles. The second-order valence-corrected chi connectivity index (χ2v) is 10.9. The third-order valence-electron chi connectivity index (χ3n) is 8.62. The molecule has 5 rings (SSSR count). The lowest BCUT2D eigenvalue weighted by Crippen LogP contribution is -2.45. The van der Waals surface area contributed by atoms with Crippen molar-refractivity contribution in [2.45, 2.75) is 95.6 Å². The van der Waals surface area contributed by atoms with E-state index in [-0.39, 0.29) is 41.3 Å². The van der Waals surface area contributed by atoms with Crippen LogP contribution in [-0.4, -0.2) is 34.2 Å². The number of benzene rings is 2. The summed E-state index contributed by atoms with van der Waals surface area (Å²) in [7, 11) is 0. The summed E-state index contributed by atoms with van der Waals surface area (Å²) < 4.78 is 49.1. The molecule has 190 valence electrons. The van der Waals surface area contributed by atoms with E-state index >= 15 is 0 Å². The molecule has 1 saturated carbocycles. The van der Waals surface area contributed by atoms with Crippen LogP contribution in [0, 0.1) is 11.8 Å². The summed E-state index contributed by atoms with van der Waals surface area (Å²) in [4.78, 5) is 13.9. The number of aliphatic carboxylic acids is 1. The largest absolute Gasteiger partial charge is 0.490 e. The van der Waals surface area contributed by atoms with Gasteiger partial charge in [-0.1, -0.05) is 25.1 Å². The van der Waals surface area contributed by atoms with Crippen molar-refractivity contribution >= 4 is 16.7 Å². The number of carboxylic acids is 1. The van der Waals surface area contributed by atoms with Crippen LogP contribution in [0.2, 0.25) is 0 Å². The Morgan fingerprint density at radius 2 is 1.66 bits per heavy atom. The molecule has 3 aliphatic rings. The van der Waals surface area contributed by atoms with Gasteiger partial charge in [0, 0.05) is 18.1 Å². The van der Waals surface area contributed by atoms with E-state index in [0.29, 0.717) is 24.1 Å². The Morgan fingerprint density at radius 3 is 2.26 bits per heavy atom. The first-order chi connectivity index (χ1) is 16.6. The molecule has 0 radical (unpaired) electrons. The van der Waals surface area contributed by atoms with E-state index in [4.69, 9.17) is 4.74 Å². The topological polar surface area (TPSA) is 49.8 Å². The smallest absolute Gasteiger partial charge is 0.420 e. The summed E-state index contributed by atoms with van der Waals surface area (Å²) in [6.45, 7) is 4.21. The van der Waals surface area contributed by atoms with E-state index < -0.39 is 17.7 Å². The molecule has 2 saturated heterocycles. The monoisotopic (exact) mass is 489 g/mol. The highest BCUT2D eigenvalue weighted by molar-refractivity contribution is 5.89. The van der Waals surface area contributed by atoms with Crippen LogP contribution in [0.25, 0.3) is 10.8 Å². The van der Waals surface area contributed by atoms with Crippen molar-refractivity contribution in [3.05, 3.63) is 41.5 Å². The van der Waals surface area contributed by atoms with Gasteiger partial charge in [0.05, 0.1) is 12.0 Å². The Hall–Kier alpha value is -2.28. The van der Waals surface area contributed by atoms with E-state index in [1.165, 1.54) is 6.07 Å². The zero-order chi connectivity index (χ0) is 24.9. The van der Waals surface area contributed by atoms with Gasteiger partial charge in [0.1, 0.15) is 11.3 Å². The zero-order valence-corrected chi connectivity index (χ0v) is 20.4. The van der Waals surface area contributed by atoms with Crippen LogP contribution in [0.5, 0.6) is 5.75 Å². The van der Waals surface area contributed by atoms with Gasteiger partial charge in [-0.2, -0.15) is 13.2 Å². The summed E-state index contributed by atoms with van der Waals surface area (Å²) in [5.41, 5.74) is 0.146. The van der Waals surface area contributed by atoms with Crippen molar-refractivity contribution < 1.29 is 27.8 Å². The molecule has 3 fully saturated rings. The highest BCUT2D eigenvalue weighted by atomic mass is 19.4. The SMILES string of the molecule is C[C@@H](c1ccc2ccc(O[C@H]3CC[C@@H](C)CC3)c(C(F)(F)F)c2c1)N1C2CCC1CC(C(=O)O)C2. The number of carboxylic acid groups (broad SMARTS) is 1. The van der Waals surface area contributed by atoms with Crippen LogP contribution in [0.1, 0.15) is 82.4 Å².